The maximum atomic E-state index is 14.6. The summed E-state index contributed by atoms with van der Waals surface area (Å²) in [7, 11) is 1.65. The number of benzene rings is 1. The average Bonchev–Trinajstić information content (AvgIpc) is 3.23. The highest BCUT2D eigenvalue weighted by atomic mass is 16.5. The van der Waals surface area contributed by atoms with Crippen LogP contribution in [0.15, 0.2) is 48.1 Å². The highest BCUT2D eigenvalue weighted by Gasteiger charge is 2.74. The third-order valence-electron chi connectivity index (χ3n) is 13.2. The Hall–Kier alpha value is -1.95. The van der Waals surface area contributed by atoms with Crippen LogP contribution < -0.4 is 4.74 Å². The Morgan fingerprint density at radius 3 is 2.35 bits per heavy atom. The number of hydrogen-bond acceptors (Lipinski definition) is 5. The summed E-state index contributed by atoms with van der Waals surface area (Å²) in [6, 6.07) is 7.56. The van der Waals surface area contributed by atoms with Crippen LogP contribution in [0.3, 0.4) is 0 Å². The van der Waals surface area contributed by atoms with Crippen LogP contribution in [-0.2, 0) is 0 Å². The number of aliphatic hydroxyl groups is 2. The summed E-state index contributed by atoms with van der Waals surface area (Å²) in [5.74, 6) is 1.39. The molecule has 0 amide bonds. The van der Waals surface area contributed by atoms with Gasteiger partial charge in [0.05, 0.1) is 18.8 Å². The number of ketones is 1. The third kappa shape index (κ3) is 3.40. The Bertz CT molecular complexity index is 1250. The predicted octanol–water partition coefficient (Wildman–Crippen LogP) is 5.95. The molecule has 1 aliphatic heterocycles. The first-order valence-electron chi connectivity index (χ1n) is 15.9. The third-order valence-corrected chi connectivity index (χ3v) is 13.2. The summed E-state index contributed by atoms with van der Waals surface area (Å²) in [5, 5.41) is 23.4. The quantitative estimate of drug-likeness (QED) is 0.353. The maximum absolute atomic E-state index is 14.6. The number of ether oxygens (including phenoxy) is 1. The van der Waals surface area contributed by atoms with E-state index >= 15 is 0 Å². The highest BCUT2D eigenvalue weighted by Crippen LogP contribution is 2.78. The van der Waals surface area contributed by atoms with Crippen LogP contribution in [0.1, 0.15) is 88.4 Å². The Labute approximate surface area is 239 Å². The second kappa shape index (κ2) is 9.02. The topological polar surface area (TPSA) is 70.0 Å². The number of aliphatic hydroxyl groups excluding tert-OH is 1. The molecule has 7 aliphatic rings. The number of Topliss-reactive ketones (excluding diaryl/α,β-unsaturated/α-hetero) is 1. The number of β-amino-alcohol motifs (C(OH)–C–C–N with tert-alkyl or cyclic N) is 1. The molecule has 8 rings (SSSR count). The number of nitrogens with zero attached hydrogens (tertiary/aromatic N) is 1. The molecule has 6 aliphatic carbocycles. The monoisotopic (exact) mass is 545 g/mol. The molecule has 216 valence electrons. The van der Waals surface area contributed by atoms with Crippen LogP contribution >= 0.6 is 0 Å². The number of hydrogen-bond donors (Lipinski definition) is 2. The SMILES string of the molecule is COc1ccc(C(=O)C2=CC34C=CC25C(CCC2(C)C5CCC2(O)CN2CCCCC2)C3(C)CCC(O)C4)cc1. The van der Waals surface area contributed by atoms with Gasteiger partial charge in [0.25, 0.3) is 0 Å². The summed E-state index contributed by atoms with van der Waals surface area (Å²) in [5.41, 5.74) is -0.0714. The summed E-state index contributed by atoms with van der Waals surface area (Å²) in [6.45, 7) is 7.72. The van der Waals surface area contributed by atoms with Crippen molar-refractivity contribution in [2.24, 2.45) is 33.5 Å². The zero-order valence-corrected chi connectivity index (χ0v) is 24.6. The van der Waals surface area contributed by atoms with E-state index in [1.807, 2.05) is 24.3 Å². The van der Waals surface area contributed by atoms with Crippen LogP contribution in [0.5, 0.6) is 5.75 Å². The number of rotatable bonds is 5. The van der Waals surface area contributed by atoms with E-state index in [2.05, 4.69) is 37.0 Å². The van der Waals surface area contributed by atoms with Crippen molar-refractivity contribution in [1.82, 2.24) is 4.90 Å². The zero-order valence-electron chi connectivity index (χ0n) is 24.6. The van der Waals surface area contributed by atoms with Gasteiger partial charge in [-0.15, -0.1) is 0 Å². The molecule has 8 atom stereocenters. The van der Waals surface area contributed by atoms with Gasteiger partial charge in [0.15, 0.2) is 5.78 Å². The van der Waals surface area contributed by atoms with Crippen molar-refractivity contribution in [2.45, 2.75) is 89.8 Å². The van der Waals surface area contributed by atoms with Gasteiger partial charge < -0.3 is 19.8 Å². The molecule has 5 nitrogen and oxygen atoms in total. The van der Waals surface area contributed by atoms with Crippen molar-refractivity contribution in [2.75, 3.05) is 26.7 Å². The molecule has 8 unspecified atom stereocenters. The van der Waals surface area contributed by atoms with Crippen molar-refractivity contribution in [1.29, 1.82) is 0 Å². The number of carbonyl (C=O) groups excluding carboxylic acids is 1. The predicted molar refractivity (Wildman–Crippen MR) is 156 cm³/mol. The summed E-state index contributed by atoms with van der Waals surface area (Å²) >= 11 is 0. The van der Waals surface area contributed by atoms with Gasteiger partial charge in [0.1, 0.15) is 5.75 Å². The fraction of sp³-hybridized carbons (Fsp3) is 0.686. The van der Waals surface area contributed by atoms with Crippen molar-refractivity contribution >= 4 is 5.78 Å². The fourth-order valence-electron chi connectivity index (χ4n) is 11.0. The van der Waals surface area contributed by atoms with Crippen molar-refractivity contribution in [3.8, 4) is 5.75 Å². The van der Waals surface area contributed by atoms with Gasteiger partial charge in [-0.2, -0.15) is 0 Å². The fourth-order valence-corrected chi connectivity index (χ4v) is 11.0. The summed E-state index contributed by atoms with van der Waals surface area (Å²) in [4.78, 5) is 17.1. The highest BCUT2D eigenvalue weighted by molar-refractivity contribution is 6.10. The van der Waals surface area contributed by atoms with E-state index < -0.39 is 11.0 Å². The molecule has 0 aromatic heterocycles. The minimum Gasteiger partial charge on any atom is -0.497 e. The van der Waals surface area contributed by atoms with E-state index in [-0.39, 0.29) is 34.1 Å². The number of allylic oxidation sites excluding steroid dienone is 4. The van der Waals surface area contributed by atoms with Crippen LogP contribution in [0, 0.1) is 33.5 Å². The maximum Gasteiger partial charge on any atom is 0.189 e. The molecule has 5 heteroatoms. The van der Waals surface area contributed by atoms with E-state index in [1.54, 1.807) is 7.11 Å². The molecule has 1 heterocycles. The van der Waals surface area contributed by atoms with E-state index in [4.69, 9.17) is 4.74 Å². The van der Waals surface area contributed by atoms with Crippen LogP contribution in [-0.4, -0.2) is 59.3 Å². The molecule has 40 heavy (non-hydrogen) atoms. The van der Waals surface area contributed by atoms with Crippen molar-refractivity contribution < 1.29 is 19.7 Å². The molecule has 4 fully saturated rings. The van der Waals surface area contributed by atoms with Crippen molar-refractivity contribution in [3.05, 3.63) is 53.6 Å². The van der Waals surface area contributed by atoms with Crippen LogP contribution in [0.25, 0.3) is 0 Å². The minimum absolute atomic E-state index is 0.000423. The van der Waals surface area contributed by atoms with Gasteiger partial charge in [-0.1, -0.05) is 38.5 Å². The molecule has 2 N–H and O–H groups in total. The van der Waals surface area contributed by atoms with Crippen LogP contribution in [0.4, 0.5) is 0 Å². The largest absolute Gasteiger partial charge is 0.497 e. The zero-order chi connectivity index (χ0) is 28.0. The normalized spacial score (nSPS) is 45.8. The summed E-state index contributed by atoms with van der Waals surface area (Å²) < 4.78 is 5.38. The van der Waals surface area contributed by atoms with E-state index in [1.165, 1.54) is 19.3 Å². The molecular weight excluding hydrogens is 498 g/mol. The minimum atomic E-state index is -0.744. The van der Waals surface area contributed by atoms with E-state index in [0.717, 1.165) is 69.5 Å². The van der Waals surface area contributed by atoms with Gasteiger partial charge in [0.2, 0.25) is 0 Å². The molecule has 1 aromatic carbocycles. The first-order chi connectivity index (χ1) is 19.1. The molecule has 0 radical (unpaired) electrons. The van der Waals surface area contributed by atoms with Crippen LogP contribution in [0.2, 0.25) is 0 Å². The lowest BCUT2D eigenvalue weighted by molar-refractivity contribution is -0.176. The number of piperidine rings is 1. The molecule has 1 aromatic rings. The van der Waals surface area contributed by atoms with E-state index in [9.17, 15) is 15.0 Å². The smallest absolute Gasteiger partial charge is 0.189 e. The van der Waals surface area contributed by atoms with Gasteiger partial charge in [0, 0.05) is 33.9 Å². The number of likely N-dealkylation sites (tertiary alicyclic amines) is 1. The lowest BCUT2D eigenvalue weighted by Gasteiger charge is -2.71. The summed E-state index contributed by atoms with van der Waals surface area (Å²) in [6.07, 6.45) is 16.8. The molecular formula is C35H47NO4. The molecule has 1 saturated heterocycles. The van der Waals surface area contributed by atoms with Gasteiger partial charge in [-0.05, 0) is 112 Å². The second-order valence-corrected chi connectivity index (χ2v) is 14.7. The molecule has 2 bridgehead atoms. The standard InChI is InChI=1S/C35H47NO4/c1-31-14-11-25(37)21-33(31)17-18-35(27(22-33)30(38)24-7-9-26(40-3)10-8-24)28(31)12-15-32(2)29(35)13-16-34(32,39)23-36-19-5-4-6-20-36/h7-10,17-18,22,25,28-29,37,39H,4-6,11-16,19-21,23H2,1-3H3. The number of carbonyl (C=O) groups is 1. The number of methoxy groups -OCH3 is 1. The number of fused-ring (bicyclic) bond motifs is 1. The van der Waals surface area contributed by atoms with E-state index in [0.29, 0.717) is 17.9 Å². The van der Waals surface area contributed by atoms with Gasteiger partial charge in [-0.3, -0.25) is 4.79 Å². The van der Waals surface area contributed by atoms with Crippen molar-refractivity contribution in [3.63, 3.8) is 0 Å². The lowest BCUT2D eigenvalue weighted by atomic mass is 9.32. The Kier molecular flexibility index (Phi) is 6.07. The second-order valence-electron chi connectivity index (χ2n) is 14.7. The Morgan fingerprint density at radius 1 is 0.950 bits per heavy atom. The first-order valence-corrected chi connectivity index (χ1v) is 15.9. The Morgan fingerprint density at radius 2 is 1.62 bits per heavy atom. The lowest BCUT2D eigenvalue weighted by Crippen LogP contribution is -2.67. The Balaban J connectivity index is 1.35. The molecule has 3 saturated carbocycles. The first kappa shape index (κ1) is 26.9. The molecule has 2 spiro atoms. The van der Waals surface area contributed by atoms with Gasteiger partial charge in [-0.25, -0.2) is 0 Å². The van der Waals surface area contributed by atoms with Gasteiger partial charge >= 0.3 is 0 Å². The average molecular weight is 546 g/mol.